The SMILES string of the molecule is O=[N+]([O-])c1cccc(C[NH2+]C[C@@H]2OCCc3ccccc32)c1. The van der Waals surface area contributed by atoms with Gasteiger partial charge < -0.3 is 10.1 Å². The number of quaternary nitrogens is 1. The molecule has 1 heterocycles. The first-order valence-corrected chi connectivity index (χ1v) is 7.48. The first kappa shape index (κ1) is 14.7. The first-order chi connectivity index (χ1) is 10.7. The van der Waals surface area contributed by atoms with E-state index in [9.17, 15) is 10.1 Å². The minimum atomic E-state index is -0.357. The van der Waals surface area contributed by atoms with Crippen LogP contribution >= 0.6 is 0 Å². The number of non-ortho nitro benzene ring substituents is 1. The number of hydrogen-bond donors (Lipinski definition) is 1. The molecule has 0 saturated carbocycles. The smallest absolute Gasteiger partial charge is 0.269 e. The number of nitro benzene ring substituents is 1. The van der Waals surface area contributed by atoms with Crippen LogP contribution in [-0.2, 0) is 17.7 Å². The molecule has 0 radical (unpaired) electrons. The summed E-state index contributed by atoms with van der Waals surface area (Å²) in [7, 11) is 0. The van der Waals surface area contributed by atoms with E-state index in [0.29, 0.717) is 6.54 Å². The summed E-state index contributed by atoms with van der Waals surface area (Å²) in [6, 6.07) is 15.2. The van der Waals surface area contributed by atoms with Gasteiger partial charge in [-0.25, -0.2) is 0 Å². The molecule has 3 rings (SSSR count). The van der Waals surface area contributed by atoms with Crippen LogP contribution in [0.1, 0.15) is 22.8 Å². The maximum atomic E-state index is 10.8. The van der Waals surface area contributed by atoms with Gasteiger partial charge in [0.15, 0.2) is 0 Å². The molecule has 0 unspecified atom stereocenters. The van der Waals surface area contributed by atoms with Gasteiger partial charge in [-0.15, -0.1) is 0 Å². The Kier molecular flexibility index (Phi) is 4.46. The molecule has 0 fully saturated rings. The molecule has 0 saturated heterocycles. The summed E-state index contributed by atoms with van der Waals surface area (Å²) >= 11 is 0. The number of nitrogens with zero attached hydrogens (tertiary/aromatic N) is 1. The standard InChI is InChI=1S/C17H18N2O3/c20-19(21)15-6-3-4-13(10-15)11-18-12-17-16-7-2-1-5-14(16)8-9-22-17/h1-7,10,17-18H,8-9,11-12H2/p+1/t17-/m0/s1. The lowest BCUT2D eigenvalue weighted by molar-refractivity contribution is -0.678. The lowest BCUT2D eigenvalue weighted by Gasteiger charge is -2.24. The second-order valence-electron chi connectivity index (χ2n) is 5.46. The Bertz CT molecular complexity index is 672. The molecule has 5 nitrogen and oxygen atoms in total. The molecule has 1 aliphatic rings. The Labute approximate surface area is 129 Å². The van der Waals surface area contributed by atoms with E-state index in [1.807, 2.05) is 12.1 Å². The molecule has 1 aliphatic heterocycles. The Morgan fingerprint density at radius 2 is 2.09 bits per heavy atom. The topological polar surface area (TPSA) is 69.0 Å². The molecule has 1 atom stereocenters. The lowest BCUT2D eigenvalue weighted by atomic mass is 9.97. The molecule has 114 valence electrons. The van der Waals surface area contributed by atoms with Crippen LogP contribution in [0.15, 0.2) is 48.5 Å². The van der Waals surface area contributed by atoms with Crippen molar-refractivity contribution in [2.75, 3.05) is 13.2 Å². The second-order valence-corrected chi connectivity index (χ2v) is 5.46. The molecule has 0 amide bonds. The average Bonchev–Trinajstić information content (AvgIpc) is 2.55. The third-order valence-corrected chi connectivity index (χ3v) is 3.97. The molecular formula is C17H19N2O3+. The van der Waals surface area contributed by atoms with Crippen LogP contribution in [0.2, 0.25) is 0 Å². The van der Waals surface area contributed by atoms with Gasteiger partial charge in [-0.2, -0.15) is 0 Å². The average molecular weight is 299 g/mol. The van der Waals surface area contributed by atoms with Crippen molar-refractivity contribution in [3.8, 4) is 0 Å². The van der Waals surface area contributed by atoms with E-state index >= 15 is 0 Å². The highest BCUT2D eigenvalue weighted by Gasteiger charge is 2.21. The van der Waals surface area contributed by atoms with Crippen LogP contribution < -0.4 is 5.32 Å². The van der Waals surface area contributed by atoms with Crippen LogP contribution in [0.3, 0.4) is 0 Å². The predicted octanol–water partition coefficient (Wildman–Crippen LogP) is 1.97. The fourth-order valence-corrected chi connectivity index (χ4v) is 2.87. The van der Waals surface area contributed by atoms with Crippen molar-refractivity contribution >= 4 is 5.69 Å². The number of ether oxygens (including phenoxy) is 1. The summed E-state index contributed by atoms with van der Waals surface area (Å²) in [6.45, 7) is 2.29. The van der Waals surface area contributed by atoms with E-state index in [1.54, 1.807) is 12.1 Å². The van der Waals surface area contributed by atoms with Crippen molar-refractivity contribution in [1.29, 1.82) is 0 Å². The molecule has 22 heavy (non-hydrogen) atoms. The number of nitrogens with two attached hydrogens (primary N) is 1. The van der Waals surface area contributed by atoms with Gasteiger partial charge in [0, 0.05) is 17.7 Å². The highest BCUT2D eigenvalue weighted by atomic mass is 16.6. The van der Waals surface area contributed by atoms with Crippen molar-refractivity contribution in [1.82, 2.24) is 0 Å². The highest BCUT2D eigenvalue weighted by Crippen LogP contribution is 2.25. The van der Waals surface area contributed by atoms with E-state index < -0.39 is 0 Å². The first-order valence-electron chi connectivity index (χ1n) is 7.48. The number of rotatable bonds is 5. The molecule has 5 heteroatoms. The monoisotopic (exact) mass is 299 g/mol. The minimum Gasteiger partial charge on any atom is -0.367 e. The van der Waals surface area contributed by atoms with Crippen LogP contribution in [-0.4, -0.2) is 18.1 Å². The number of fused-ring (bicyclic) bond motifs is 1. The van der Waals surface area contributed by atoms with Crippen molar-refractivity contribution in [3.05, 3.63) is 75.3 Å². The van der Waals surface area contributed by atoms with Crippen molar-refractivity contribution in [2.24, 2.45) is 0 Å². The fourth-order valence-electron chi connectivity index (χ4n) is 2.87. The summed E-state index contributed by atoms with van der Waals surface area (Å²) < 4.78 is 5.86. The normalized spacial score (nSPS) is 17.0. The van der Waals surface area contributed by atoms with Crippen LogP contribution in [0.5, 0.6) is 0 Å². The van der Waals surface area contributed by atoms with Crippen LogP contribution in [0, 0.1) is 10.1 Å². The van der Waals surface area contributed by atoms with Gasteiger partial charge in [-0.1, -0.05) is 36.4 Å². The van der Waals surface area contributed by atoms with E-state index in [-0.39, 0.29) is 16.7 Å². The molecular weight excluding hydrogens is 280 g/mol. The van der Waals surface area contributed by atoms with E-state index in [1.165, 1.54) is 17.2 Å². The molecule has 0 spiro atoms. The third-order valence-electron chi connectivity index (χ3n) is 3.97. The van der Waals surface area contributed by atoms with Gasteiger partial charge in [0.25, 0.3) is 5.69 Å². The quantitative estimate of drug-likeness (QED) is 0.678. The summed E-state index contributed by atoms with van der Waals surface area (Å²) in [4.78, 5) is 10.4. The van der Waals surface area contributed by atoms with Crippen molar-refractivity contribution in [3.63, 3.8) is 0 Å². The zero-order valence-electron chi connectivity index (χ0n) is 12.3. The molecule has 2 aromatic carbocycles. The summed E-state index contributed by atoms with van der Waals surface area (Å²) in [6.07, 6.45) is 1.07. The van der Waals surface area contributed by atoms with Crippen molar-refractivity contribution in [2.45, 2.75) is 19.1 Å². The Hall–Kier alpha value is -2.24. The minimum absolute atomic E-state index is 0.101. The molecule has 0 aliphatic carbocycles. The van der Waals surface area contributed by atoms with Crippen LogP contribution in [0.25, 0.3) is 0 Å². The molecule has 0 aromatic heterocycles. The summed E-state index contributed by atoms with van der Waals surface area (Å²) in [5.74, 6) is 0. The number of benzene rings is 2. The van der Waals surface area contributed by atoms with Gasteiger partial charge in [0.05, 0.1) is 11.5 Å². The van der Waals surface area contributed by atoms with Crippen LogP contribution in [0.4, 0.5) is 5.69 Å². The Morgan fingerprint density at radius 1 is 1.23 bits per heavy atom. The zero-order chi connectivity index (χ0) is 15.4. The maximum Gasteiger partial charge on any atom is 0.269 e. The maximum absolute atomic E-state index is 10.8. The lowest BCUT2D eigenvalue weighted by Crippen LogP contribution is -2.83. The molecule has 2 N–H and O–H groups in total. The van der Waals surface area contributed by atoms with Gasteiger partial charge in [0.2, 0.25) is 0 Å². The van der Waals surface area contributed by atoms with E-state index in [4.69, 9.17) is 4.74 Å². The fraction of sp³-hybridized carbons (Fsp3) is 0.294. The second kappa shape index (κ2) is 6.68. The van der Waals surface area contributed by atoms with Gasteiger partial charge >= 0.3 is 0 Å². The third kappa shape index (κ3) is 3.32. The van der Waals surface area contributed by atoms with Crippen molar-refractivity contribution < 1.29 is 15.0 Å². The summed E-state index contributed by atoms with van der Waals surface area (Å²) in [5, 5.41) is 12.9. The molecule has 2 aromatic rings. The predicted molar refractivity (Wildman–Crippen MR) is 82.4 cm³/mol. The van der Waals surface area contributed by atoms with E-state index in [2.05, 4.69) is 23.5 Å². The Morgan fingerprint density at radius 3 is 2.95 bits per heavy atom. The zero-order valence-corrected chi connectivity index (χ0v) is 12.3. The van der Waals surface area contributed by atoms with E-state index in [0.717, 1.165) is 25.1 Å². The van der Waals surface area contributed by atoms with Gasteiger partial charge in [-0.3, -0.25) is 10.1 Å². The number of nitro groups is 1. The van der Waals surface area contributed by atoms with Gasteiger partial charge in [-0.05, 0) is 17.5 Å². The number of hydrogen-bond acceptors (Lipinski definition) is 3. The van der Waals surface area contributed by atoms with Gasteiger partial charge in [0.1, 0.15) is 19.2 Å². The largest absolute Gasteiger partial charge is 0.367 e. The highest BCUT2D eigenvalue weighted by molar-refractivity contribution is 5.34. The summed E-state index contributed by atoms with van der Waals surface area (Å²) in [5.41, 5.74) is 3.73. The Balaban J connectivity index is 1.60. The molecule has 0 bridgehead atoms.